The highest BCUT2D eigenvalue weighted by atomic mass is 31.1. The number of hydrogen-bond acceptors (Lipinski definition) is 2. The number of benzene rings is 1. The van der Waals surface area contributed by atoms with Crippen molar-refractivity contribution in [2.75, 3.05) is 0 Å². The van der Waals surface area contributed by atoms with Crippen LogP contribution < -0.4 is 4.52 Å². The molecule has 0 aliphatic rings. The Labute approximate surface area is 105 Å². The average Bonchev–Trinajstić information content (AvgIpc) is 2.26. The standard InChI is InChI=1S/C14H22O2P/c1-5-13(11-14(2,3)4)17(15)16-12-9-7-6-8-10-12/h6-10,13H,5,11H2,1-4H3/q+1. The summed E-state index contributed by atoms with van der Waals surface area (Å²) >= 11 is 0. The lowest BCUT2D eigenvalue weighted by Gasteiger charge is -2.18. The molecular weight excluding hydrogens is 231 g/mol. The fourth-order valence-electron chi connectivity index (χ4n) is 1.73. The molecule has 0 radical (unpaired) electrons. The second kappa shape index (κ2) is 6.16. The smallest absolute Gasteiger partial charge is 0.254 e. The van der Waals surface area contributed by atoms with Crippen molar-refractivity contribution in [1.82, 2.24) is 0 Å². The van der Waals surface area contributed by atoms with E-state index in [9.17, 15) is 4.57 Å². The van der Waals surface area contributed by atoms with Crippen LogP contribution in [0, 0.1) is 5.41 Å². The van der Waals surface area contributed by atoms with E-state index >= 15 is 0 Å². The fourth-order valence-corrected chi connectivity index (χ4v) is 3.21. The maximum atomic E-state index is 12.1. The predicted molar refractivity (Wildman–Crippen MR) is 72.8 cm³/mol. The summed E-state index contributed by atoms with van der Waals surface area (Å²) in [5.74, 6) is 0.695. The Morgan fingerprint density at radius 3 is 2.29 bits per heavy atom. The van der Waals surface area contributed by atoms with E-state index in [2.05, 4.69) is 27.7 Å². The van der Waals surface area contributed by atoms with Crippen molar-refractivity contribution in [2.45, 2.75) is 46.2 Å². The van der Waals surface area contributed by atoms with Gasteiger partial charge in [-0.25, -0.2) is 0 Å². The lowest BCUT2D eigenvalue weighted by molar-refractivity contribution is 0.355. The first kappa shape index (κ1) is 14.2. The number of rotatable bonds is 5. The Kier molecular flexibility index (Phi) is 5.14. The minimum absolute atomic E-state index is 0.130. The largest absolute Gasteiger partial charge is 0.559 e. The molecular formula is C14H22O2P+. The SMILES string of the molecule is CCC(CC(C)(C)C)[P+](=O)Oc1ccccc1. The highest BCUT2D eigenvalue weighted by Crippen LogP contribution is 2.39. The molecule has 94 valence electrons. The van der Waals surface area contributed by atoms with Gasteiger partial charge in [-0.2, -0.15) is 0 Å². The van der Waals surface area contributed by atoms with E-state index < -0.39 is 8.03 Å². The second-order valence-electron chi connectivity index (χ2n) is 5.52. The fraction of sp³-hybridized carbons (Fsp3) is 0.571. The molecule has 1 aromatic rings. The molecule has 0 aliphatic carbocycles. The maximum absolute atomic E-state index is 12.1. The van der Waals surface area contributed by atoms with Crippen molar-refractivity contribution < 1.29 is 9.09 Å². The topological polar surface area (TPSA) is 26.3 Å². The molecule has 0 aliphatic heterocycles. The van der Waals surface area contributed by atoms with E-state index in [1.807, 2.05) is 30.3 Å². The third kappa shape index (κ3) is 5.32. The van der Waals surface area contributed by atoms with E-state index in [1.54, 1.807) is 0 Å². The van der Waals surface area contributed by atoms with Gasteiger partial charge in [0.2, 0.25) is 0 Å². The molecule has 0 amide bonds. The van der Waals surface area contributed by atoms with Crippen LogP contribution in [-0.2, 0) is 4.57 Å². The molecule has 2 atom stereocenters. The maximum Gasteiger partial charge on any atom is 0.559 e. The molecule has 2 unspecified atom stereocenters. The van der Waals surface area contributed by atoms with Crippen LogP contribution in [0.2, 0.25) is 0 Å². The van der Waals surface area contributed by atoms with Crippen LogP contribution >= 0.6 is 8.03 Å². The molecule has 2 nitrogen and oxygen atoms in total. The summed E-state index contributed by atoms with van der Waals surface area (Å²) in [5.41, 5.74) is 0.316. The molecule has 0 fully saturated rings. The van der Waals surface area contributed by atoms with E-state index in [4.69, 9.17) is 4.52 Å². The van der Waals surface area contributed by atoms with Gasteiger partial charge in [0.25, 0.3) is 0 Å². The first-order chi connectivity index (χ1) is 7.92. The van der Waals surface area contributed by atoms with Crippen molar-refractivity contribution in [3.05, 3.63) is 30.3 Å². The van der Waals surface area contributed by atoms with Crippen molar-refractivity contribution >= 4 is 8.03 Å². The molecule has 0 bridgehead atoms. The zero-order valence-electron chi connectivity index (χ0n) is 11.1. The van der Waals surface area contributed by atoms with Gasteiger partial charge in [0.05, 0.1) is 0 Å². The lowest BCUT2D eigenvalue weighted by Crippen LogP contribution is -2.15. The van der Waals surface area contributed by atoms with Crippen molar-refractivity contribution in [3.63, 3.8) is 0 Å². The van der Waals surface area contributed by atoms with Crippen molar-refractivity contribution in [2.24, 2.45) is 5.41 Å². The Morgan fingerprint density at radius 2 is 1.82 bits per heavy atom. The van der Waals surface area contributed by atoms with Crippen molar-refractivity contribution in [3.8, 4) is 5.75 Å². The van der Waals surface area contributed by atoms with Crippen LogP contribution in [0.4, 0.5) is 0 Å². The van der Waals surface area contributed by atoms with Gasteiger partial charge in [-0.3, -0.25) is 4.52 Å². The quantitative estimate of drug-likeness (QED) is 0.688. The van der Waals surface area contributed by atoms with Crippen LogP contribution in [0.3, 0.4) is 0 Å². The van der Waals surface area contributed by atoms with Crippen LogP contribution in [0.5, 0.6) is 5.75 Å². The molecule has 0 saturated heterocycles. The first-order valence-electron chi connectivity index (χ1n) is 6.12. The van der Waals surface area contributed by atoms with Gasteiger partial charge in [0.15, 0.2) is 11.4 Å². The van der Waals surface area contributed by atoms with E-state index in [1.165, 1.54) is 0 Å². The van der Waals surface area contributed by atoms with Gasteiger partial charge >= 0.3 is 8.03 Å². The molecule has 0 N–H and O–H groups in total. The molecule has 0 heterocycles. The zero-order chi connectivity index (χ0) is 12.9. The molecule has 0 saturated carbocycles. The summed E-state index contributed by atoms with van der Waals surface area (Å²) in [4.78, 5) is 0. The van der Waals surface area contributed by atoms with Crippen LogP contribution in [0.25, 0.3) is 0 Å². The minimum atomic E-state index is -1.63. The molecule has 0 spiro atoms. The van der Waals surface area contributed by atoms with Crippen molar-refractivity contribution in [1.29, 1.82) is 0 Å². The summed E-state index contributed by atoms with van der Waals surface area (Å²) in [6.07, 6.45) is 1.81. The number of hydrogen-bond donors (Lipinski definition) is 0. The Bertz CT molecular complexity index is 354. The van der Waals surface area contributed by atoms with Crippen LogP contribution in [0.15, 0.2) is 30.3 Å². The normalized spacial score (nSPS) is 14.2. The highest BCUT2D eigenvalue weighted by Gasteiger charge is 2.35. The van der Waals surface area contributed by atoms with E-state index in [0.717, 1.165) is 12.8 Å². The summed E-state index contributed by atoms with van der Waals surface area (Å²) < 4.78 is 17.7. The average molecular weight is 253 g/mol. The zero-order valence-corrected chi connectivity index (χ0v) is 12.0. The molecule has 17 heavy (non-hydrogen) atoms. The van der Waals surface area contributed by atoms with E-state index in [0.29, 0.717) is 5.75 Å². The molecule has 0 aromatic heterocycles. The van der Waals surface area contributed by atoms with Gasteiger partial charge in [-0.1, -0.05) is 45.9 Å². The van der Waals surface area contributed by atoms with E-state index in [-0.39, 0.29) is 11.1 Å². The molecule has 3 heteroatoms. The predicted octanol–water partition coefficient (Wildman–Crippen LogP) is 5.02. The Morgan fingerprint density at radius 1 is 1.24 bits per heavy atom. The Balaban J connectivity index is 2.62. The number of para-hydroxylation sites is 1. The highest BCUT2D eigenvalue weighted by molar-refractivity contribution is 7.40. The van der Waals surface area contributed by atoms with Gasteiger partial charge in [0, 0.05) is 6.42 Å². The summed E-state index contributed by atoms with van der Waals surface area (Å²) in [7, 11) is -1.63. The van der Waals surface area contributed by atoms with Gasteiger partial charge in [0.1, 0.15) is 0 Å². The second-order valence-corrected chi connectivity index (χ2v) is 7.00. The van der Waals surface area contributed by atoms with Gasteiger partial charge in [-0.15, -0.1) is 0 Å². The van der Waals surface area contributed by atoms with Gasteiger partial charge < -0.3 is 0 Å². The third-order valence-electron chi connectivity index (χ3n) is 2.56. The van der Waals surface area contributed by atoms with Crippen LogP contribution in [-0.4, -0.2) is 5.66 Å². The first-order valence-corrected chi connectivity index (χ1v) is 7.36. The summed E-state index contributed by atoms with van der Waals surface area (Å²) in [5, 5.41) is 0. The summed E-state index contributed by atoms with van der Waals surface area (Å²) in [6, 6.07) is 9.40. The molecule has 1 aromatic carbocycles. The summed E-state index contributed by atoms with van der Waals surface area (Å²) in [6.45, 7) is 8.57. The third-order valence-corrected chi connectivity index (χ3v) is 4.09. The molecule has 1 rings (SSSR count). The monoisotopic (exact) mass is 253 g/mol. The minimum Gasteiger partial charge on any atom is -0.254 e. The van der Waals surface area contributed by atoms with Crippen LogP contribution in [0.1, 0.15) is 40.5 Å². The lowest BCUT2D eigenvalue weighted by atomic mass is 9.90. The van der Waals surface area contributed by atoms with Gasteiger partial charge in [-0.05, 0) is 28.5 Å². The Hall–Kier alpha value is -0.880.